The topological polar surface area (TPSA) is 127 Å². The van der Waals surface area contributed by atoms with Crippen LogP contribution in [0.1, 0.15) is 0 Å². The van der Waals surface area contributed by atoms with E-state index in [2.05, 4.69) is 19.2 Å². The fourth-order valence-electron chi connectivity index (χ4n) is 1.69. The normalized spacial score (nSPS) is 11.6. The fourth-order valence-corrected chi connectivity index (χ4v) is 2.60. The summed E-state index contributed by atoms with van der Waals surface area (Å²) in [4.78, 5) is 32.0. The van der Waals surface area contributed by atoms with E-state index in [0.717, 1.165) is 0 Å². The fraction of sp³-hybridized carbons (Fsp3) is 0. The molecule has 0 saturated carbocycles. The van der Waals surface area contributed by atoms with Crippen molar-refractivity contribution in [3.8, 4) is 0 Å². The van der Waals surface area contributed by atoms with E-state index in [-0.39, 0.29) is 20.8 Å². The Kier molecular flexibility index (Phi) is 2.87. The van der Waals surface area contributed by atoms with Gasteiger partial charge in [-0.15, -0.1) is 0 Å². The highest BCUT2D eigenvalue weighted by Crippen LogP contribution is 2.08. The van der Waals surface area contributed by atoms with Gasteiger partial charge in [-0.2, -0.15) is 8.42 Å². The summed E-state index contributed by atoms with van der Waals surface area (Å²) in [6.45, 7) is 0. The number of nitrogens with zero attached hydrogens (tertiary/aromatic N) is 2. The number of rotatable bonds is 3. The minimum Gasteiger partial charge on any atom is -0.339 e. The van der Waals surface area contributed by atoms with Crippen LogP contribution >= 0.6 is 0 Å². The van der Waals surface area contributed by atoms with Gasteiger partial charge in [0.2, 0.25) is 0 Å². The highest BCUT2D eigenvalue weighted by molar-refractivity contribution is 7.87. The summed E-state index contributed by atoms with van der Waals surface area (Å²) in [5.74, 6) is 0. The highest BCUT2D eigenvalue weighted by atomic mass is 32.2. The average molecular weight is 308 g/mol. The molecular formula is C11H8N4O5S. The van der Waals surface area contributed by atoms with Crippen LogP contribution in [0.5, 0.6) is 0 Å². The monoisotopic (exact) mass is 308 g/mol. The van der Waals surface area contributed by atoms with Crippen LogP contribution in [0.15, 0.2) is 51.1 Å². The van der Waals surface area contributed by atoms with Crippen LogP contribution in [0.25, 0.3) is 11.2 Å². The Hall–Kier alpha value is -2.88. The van der Waals surface area contributed by atoms with Gasteiger partial charge >= 0.3 is 21.4 Å². The summed E-state index contributed by atoms with van der Waals surface area (Å²) >= 11 is 0. The Bertz CT molecular complexity index is 1020. The van der Waals surface area contributed by atoms with Crippen molar-refractivity contribution >= 4 is 21.3 Å². The molecule has 0 aliphatic rings. The Labute approximate surface area is 116 Å². The number of hydrogen-bond acceptors (Lipinski definition) is 6. The molecule has 0 fully saturated rings. The maximum Gasteiger partial charge on any atom is 0.365 e. The first kappa shape index (κ1) is 13.1. The van der Waals surface area contributed by atoms with Gasteiger partial charge in [-0.25, -0.2) is 9.78 Å². The first-order chi connectivity index (χ1) is 9.99. The van der Waals surface area contributed by atoms with E-state index in [1.165, 1.54) is 30.6 Å². The quantitative estimate of drug-likeness (QED) is 0.654. The summed E-state index contributed by atoms with van der Waals surface area (Å²) in [5, 5.41) is 0. The minimum atomic E-state index is -4.30. The van der Waals surface area contributed by atoms with Gasteiger partial charge in [0.05, 0.1) is 6.33 Å². The van der Waals surface area contributed by atoms with Gasteiger partial charge < -0.3 is 4.98 Å². The summed E-state index contributed by atoms with van der Waals surface area (Å²) in [5.41, 5.74) is -2.05. The largest absolute Gasteiger partial charge is 0.365 e. The summed E-state index contributed by atoms with van der Waals surface area (Å²) in [6.07, 6.45) is 1.19. The molecular weight excluding hydrogens is 300 g/mol. The van der Waals surface area contributed by atoms with Crippen LogP contribution in [-0.2, 0) is 10.1 Å². The van der Waals surface area contributed by atoms with E-state index in [1.54, 1.807) is 6.07 Å². The molecule has 9 nitrogen and oxygen atoms in total. The van der Waals surface area contributed by atoms with E-state index < -0.39 is 21.4 Å². The second-order valence-electron chi connectivity index (χ2n) is 4.00. The molecule has 0 aliphatic carbocycles. The third-order valence-corrected chi connectivity index (χ3v) is 3.85. The van der Waals surface area contributed by atoms with Gasteiger partial charge in [-0.05, 0) is 12.1 Å². The van der Waals surface area contributed by atoms with Crippen molar-refractivity contribution in [3.05, 3.63) is 57.5 Å². The zero-order valence-electron chi connectivity index (χ0n) is 10.3. The van der Waals surface area contributed by atoms with E-state index in [4.69, 9.17) is 0 Å². The van der Waals surface area contributed by atoms with Crippen molar-refractivity contribution < 1.29 is 12.7 Å². The van der Waals surface area contributed by atoms with Crippen molar-refractivity contribution in [2.24, 2.45) is 0 Å². The van der Waals surface area contributed by atoms with Crippen LogP contribution < -0.4 is 15.5 Å². The van der Waals surface area contributed by atoms with E-state index >= 15 is 0 Å². The Morgan fingerprint density at radius 1 is 1.14 bits per heavy atom. The van der Waals surface area contributed by atoms with Crippen LogP contribution in [0.3, 0.4) is 0 Å². The highest BCUT2D eigenvalue weighted by Gasteiger charge is 2.20. The Balaban J connectivity index is 2.15. The number of benzene rings is 1. The molecule has 1 aromatic carbocycles. The molecule has 3 rings (SSSR count). The molecule has 0 unspecified atom stereocenters. The second-order valence-corrected chi connectivity index (χ2v) is 5.53. The molecule has 0 spiro atoms. The molecule has 3 aromatic rings. The van der Waals surface area contributed by atoms with E-state index in [9.17, 15) is 18.0 Å². The standard InChI is InChI=1S/C11H8N4O5S/c16-10-8-9(13-6-12-8)14-11(17)15(10)20-21(18,19)7-4-2-1-3-5-7/h1-6H,(H,12,13)(H,14,17). The zero-order valence-corrected chi connectivity index (χ0v) is 11.1. The number of H-pyrrole nitrogens is 2. The smallest absolute Gasteiger partial charge is 0.339 e. The SMILES string of the molecule is O=c1[nH]c2nc[nH]c2c(=O)n1OS(=O)(=O)c1ccccc1. The lowest BCUT2D eigenvalue weighted by Crippen LogP contribution is -2.42. The number of hydrogen-bond donors (Lipinski definition) is 2. The first-order valence-electron chi connectivity index (χ1n) is 5.67. The molecule has 0 atom stereocenters. The lowest BCUT2D eigenvalue weighted by Gasteiger charge is -2.06. The maximum absolute atomic E-state index is 12.0. The summed E-state index contributed by atoms with van der Waals surface area (Å²) in [6, 6.07) is 7.16. The number of aromatic nitrogens is 4. The predicted molar refractivity (Wildman–Crippen MR) is 71.2 cm³/mol. The lowest BCUT2D eigenvalue weighted by atomic mass is 10.4. The summed E-state index contributed by atoms with van der Waals surface area (Å²) < 4.78 is 28.8. The van der Waals surface area contributed by atoms with Crippen molar-refractivity contribution in [1.29, 1.82) is 0 Å². The molecule has 0 amide bonds. The van der Waals surface area contributed by atoms with E-state index in [1.807, 2.05) is 0 Å². The maximum atomic E-state index is 12.0. The molecule has 108 valence electrons. The molecule has 2 N–H and O–H groups in total. The average Bonchev–Trinajstić information content (AvgIpc) is 2.93. The predicted octanol–water partition coefficient (Wildman–Crippen LogP) is -0.770. The van der Waals surface area contributed by atoms with Gasteiger partial charge in [-0.1, -0.05) is 22.9 Å². The summed E-state index contributed by atoms with van der Waals surface area (Å²) in [7, 11) is -4.30. The zero-order chi connectivity index (χ0) is 15.0. The van der Waals surface area contributed by atoms with Crippen molar-refractivity contribution in [2.75, 3.05) is 0 Å². The minimum absolute atomic E-state index is 0.0157. The molecule has 0 radical (unpaired) electrons. The molecule has 10 heteroatoms. The van der Waals surface area contributed by atoms with Crippen LogP contribution in [0, 0.1) is 0 Å². The number of nitrogens with one attached hydrogen (secondary N) is 2. The Morgan fingerprint density at radius 2 is 1.86 bits per heavy atom. The van der Waals surface area contributed by atoms with Gasteiger partial charge in [0.1, 0.15) is 4.90 Å². The van der Waals surface area contributed by atoms with Crippen LogP contribution in [0.2, 0.25) is 0 Å². The van der Waals surface area contributed by atoms with Gasteiger partial charge in [0.15, 0.2) is 11.2 Å². The van der Waals surface area contributed by atoms with Crippen LogP contribution in [-0.4, -0.2) is 28.1 Å². The first-order valence-corrected chi connectivity index (χ1v) is 7.08. The molecule has 0 bridgehead atoms. The van der Waals surface area contributed by atoms with Crippen molar-refractivity contribution in [1.82, 2.24) is 19.7 Å². The van der Waals surface area contributed by atoms with E-state index in [0.29, 0.717) is 0 Å². The molecule has 2 aromatic heterocycles. The molecule has 0 saturated heterocycles. The van der Waals surface area contributed by atoms with Crippen molar-refractivity contribution in [3.63, 3.8) is 0 Å². The van der Waals surface area contributed by atoms with Crippen LogP contribution in [0.4, 0.5) is 0 Å². The van der Waals surface area contributed by atoms with Crippen molar-refractivity contribution in [2.45, 2.75) is 4.90 Å². The van der Waals surface area contributed by atoms with Gasteiger partial charge in [0.25, 0.3) is 0 Å². The molecule has 0 aliphatic heterocycles. The third-order valence-electron chi connectivity index (χ3n) is 2.65. The number of aromatic amines is 2. The van der Waals surface area contributed by atoms with Gasteiger partial charge in [-0.3, -0.25) is 14.1 Å². The number of fused-ring (bicyclic) bond motifs is 1. The third kappa shape index (κ3) is 2.21. The Morgan fingerprint density at radius 3 is 2.57 bits per heavy atom. The molecule has 21 heavy (non-hydrogen) atoms. The lowest BCUT2D eigenvalue weighted by molar-refractivity contribution is 0.253. The van der Waals surface area contributed by atoms with Gasteiger partial charge in [0, 0.05) is 0 Å². The molecule has 2 heterocycles. The second kappa shape index (κ2) is 4.59. The number of imidazole rings is 1.